The predicted octanol–water partition coefficient (Wildman–Crippen LogP) is 5.08. The van der Waals surface area contributed by atoms with Gasteiger partial charge >= 0.3 is 0 Å². The zero-order valence-corrected chi connectivity index (χ0v) is 18.7. The summed E-state index contributed by atoms with van der Waals surface area (Å²) < 4.78 is 0. The normalized spacial score (nSPS) is 16.5. The van der Waals surface area contributed by atoms with Gasteiger partial charge in [-0.25, -0.2) is 4.98 Å². The zero-order valence-electron chi connectivity index (χ0n) is 18.7. The molecule has 0 spiro atoms. The molecule has 1 saturated carbocycles. The molecule has 1 amide bonds. The Kier molecular flexibility index (Phi) is 5.71. The molecule has 1 unspecified atom stereocenters. The van der Waals surface area contributed by atoms with Gasteiger partial charge < -0.3 is 15.7 Å². The highest BCUT2D eigenvalue weighted by atomic mass is 16.3. The number of nitrogens with one attached hydrogen (secondary N) is 2. The van der Waals surface area contributed by atoms with E-state index in [-0.39, 0.29) is 11.9 Å². The van der Waals surface area contributed by atoms with Gasteiger partial charge in [-0.2, -0.15) is 0 Å². The summed E-state index contributed by atoms with van der Waals surface area (Å²) in [6.07, 6.45) is 2.13. The molecule has 3 aromatic rings. The number of pyridine rings is 1. The fraction of sp³-hybridized carbons (Fsp3) is 0.385. The van der Waals surface area contributed by atoms with Crippen LogP contribution in [-0.2, 0) is 5.60 Å². The highest BCUT2D eigenvalue weighted by Crippen LogP contribution is 2.45. The number of fused-ring (bicyclic) bond motifs is 1. The van der Waals surface area contributed by atoms with Crippen molar-refractivity contribution in [3.05, 3.63) is 70.9 Å². The number of rotatable bonds is 7. The van der Waals surface area contributed by atoms with Crippen molar-refractivity contribution in [2.45, 2.75) is 52.2 Å². The number of amides is 1. The second-order valence-electron chi connectivity index (χ2n) is 8.83. The van der Waals surface area contributed by atoms with Gasteiger partial charge in [-0.1, -0.05) is 24.3 Å². The van der Waals surface area contributed by atoms with Crippen molar-refractivity contribution in [2.75, 3.05) is 11.9 Å². The zero-order chi connectivity index (χ0) is 22.2. The third-order valence-corrected chi connectivity index (χ3v) is 6.34. The SMILES string of the molecule is CCNc1ccc([C@@H](C)NC(=O)c2ccc3cc(C(C)(O)C4CC4)ccc3n2)cc1C. The summed E-state index contributed by atoms with van der Waals surface area (Å²) in [4.78, 5) is 17.4. The average Bonchev–Trinajstić information content (AvgIpc) is 3.60. The Hall–Kier alpha value is -2.92. The van der Waals surface area contributed by atoms with E-state index in [1.54, 1.807) is 6.07 Å². The molecule has 162 valence electrons. The van der Waals surface area contributed by atoms with Gasteiger partial charge in [-0.3, -0.25) is 4.79 Å². The summed E-state index contributed by atoms with van der Waals surface area (Å²) in [6.45, 7) is 8.88. The maximum Gasteiger partial charge on any atom is 0.270 e. The summed E-state index contributed by atoms with van der Waals surface area (Å²) in [5, 5.41) is 18.1. The molecule has 3 N–H and O–H groups in total. The summed E-state index contributed by atoms with van der Waals surface area (Å²) in [5.74, 6) is 0.136. The Morgan fingerprint density at radius 2 is 1.97 bits per heavy atom. The molecule has 5 heteroatoms. The highest BCUT2D eigenvalue weighted by Gasteiger charge is 2.41. The number of nitrogens with zero attached hydrogens (tertiary/aromatic N) is 1. The molecule has 1 fully saturated rings. The first-order valence-corrected chi connectivity index (χ1v) is 11.1. The molecule has 31 heavy (non-hydrogen) atoms. The number of anilines is 1. The first kappa shape index (κ1) is 21.3. The molecule has 1 aromatic heterocycles. The van der Waals surface area contributed by atoms with E-state index in [0.29, 0.717) is 11.6 Å². The van der Waals surface area contributed by atoms with Crippen molar-refractivity contribution in [2.24, 2.45) is 5.92 Å². The second-order valence-corrected chi connectivity index (χ2v) is 8.83. The molecule has 1 aliphatic rings. The van der Waals surface area contributed by atoms with Crippen LogP contribution in [0.4, 0.5) is 5.69 Å². The quantitative estimate of drug-likeness (QED) is 0.501. The van der Waals surface area contributed by atoms with Crippen LogP contribution in [0.3, 0.4) is 0 Å². The monoisotopic (exact) mass is 417 g/mol. The lowest BCUT2D eigenvalue weighted by Crippen LogP contribution is -2.27. The van der Waals surface area contributed by atoms with E-state index in [1.165, 1.54) is 0 Å². The lowest BCUT2D eigenvalue weighted by Gasteiger charge is -2.24. The van der Waals surface area contributed by atoms with Gasteiger partial charge in [0.25, 0.3) is 5.91 Å². The van der Waals surface area contributed by atoms with Crippen molar-refractivity contribution >= 4 is 22.5 Å². The minimum atomic E-state index is -0.806. The topological polar surface area (TPSA) is 74.2 Å². The van der Waals surface area contributed by atoms with Crippen LogP contribution in [0, 0.1) is 12.8 Å². The number of aliphatic hydroxyl groups is 1. The lowest BCUT2D eigenvalue weighted by atomic mass is 9.90. The minimum absolute atomic E-state index is 0.129. The van der Waals surface area contributed by atoms with Crippen molar-refractivity contribution in [3.8, 4) is 0 Å². The standard InChI is InChI=1S/C26H31N3O2/c1-5-27-22-11-6-18(14-16(22)2)17(3)28-25(30)24-12-7-19-15-21(10-13-23(19)29-24)26(4,31)20-8-9-20/h6-7,10-15,17,20,27,31H,5,8-9H2,1-4H3,(H,28,30)/t17-,26?/m1/s1. The molecule has 0 aliphatic heterocycles. The van der Waals surface area contributed by atoms with Crippen LogP contribution in [0.5, 0.6) is 0 Å². The van der Waals surface area contributed by atoms with E-state index in [2.05, 4.69) is 41.6 Å². The van der Waals surface area contributed by atoms with E-state index in [4.69, 9.17) is 0 Å². The number of aromatic nitrogens is 1. The number of hydrogen-bond acceptors (Lipinski definition) is 4. The number of benzene rings is 2. The highest BCUT2D eigenvalue weighted by molar-refractivity contribution is 5.95. The molecule has 2 aromatic carbocycles. The van der Waals surface area contributed by atoms with Crippen molar-refractivity contribution < 1.29 is 9.90 Å². The molecule has 2 atom stereocenters. The van der Waals surface area contributed by atoms with Gasteiger partial charge in [0.1, 0.15) is 5.69 Å². The van der Waals surface area contributed by atoms with Gasteiger partial charge in [0.15, 0.2) is 0 Å². The molecule has 0 radical (unpaired) electrons. The van der Waals surface area contributed by atoms with Gasteiger partial charge in [-0.05, 0) is 87.4 Å². The Morgan fingerprint density at radius 3 is 2.65 bits per heavy atom. The Labute approximate surface area is 183 Å². The predicted molar refractivity (Wildman–Crippen MR) is 125 cm³/mol. The Morgan fingerprint density at radius 1 is 1.19 bits per heavy atom. The largest absolute Gasteiger partial charge is 0.385 e. The lowest BCUT2D eigenvalue weighted by molar-refractivity contribution is 0.0332. The van der Waals surface area contributed by atoms with Crippen LogP contribution < -0.4 is 10.6 Å². The Balaban J connectivity index is 1.50. The van der Waals surface area contributed by atoms with Crippen LogP contribution in [0.1, 0.15) is 66.8 Å². The molecular formula is C26H31N3O2. The van der Waals surface area contributed by atoms with Crippen LogP contribution in [0.25, 0.3) is 10.9 Å². The van der Waals surface area contributed by atoms with Crippen LogP contribution in [-0.4, -0.2) is 22.5 Å². The number of aryl methyl sites for hydroxylation is 1. The molecule has 0 saturated heterocycles. The van der Waals surface area contributed by atoms with Gasteiger partial charge in [0.05, 0.1) is 17.2 Å². The van der Waals surface area contributed by atoms with Crippen molar-refractivity contribution in [1.29, 1.82) is 0 Å². The third-order valence-electron chi connectivity index (χ3n) is 6.34. The molecule has 1 aliphatic carbocycles. The summed E-state index contributed by atoms with van der Waals surface area (Å²) in [5.41, 5.74) is 4.57. The molecule has 5 nitrogen and oxygen atoms in total. The third kappa shape index (κ3) is 4.42. The van der Waals surface area contributed by atoms with Gasteiger partial charge in [0, 0.05) is 17.6 Å². The van der Waals surface area contributed by atoms with E-state index in [9.17, 15) is 9.90 Å². The molecule has 1 heterocycles. The smallest absolute Gasteiger partial charge is 0.270 e. The van der Waals surface area contributed by atoms with Gasteiger partial charge in [-0.15, -0.1) is 0 Å². The van der Waals surface area contributed by atoms with Crippen LogP contribution in [0.15, 0.2) is 48.5 Å². The number of carbonyl (C=O) groups excluding carboxylic acids is 1. The molecular weight excluding hydrogens is 386 g/mol. The van der Waals surface area contributed by atoms with Crippen molar-refractivity contribution in [3.63, 3.8) is 0 Å². The Bertz CT molecular complexity index is 1120. The van der Waals surface area contributed by atoms with E-state index >= 15 is 0 Å². The summed E-state index contributed by atoms with van der Waals surface area (Å²) in [6, 6.07) is 15.5. The number of hydrogen-bond donors (Lipinski definition) is 3. The van der Waals surface area contributed by atoms with E-state index in [0.717, 1.165) is 52.7 Å². The fourth-order valence-electron chi connectivity index (χ4n) is 4.15. The summed E-state index contributed by atoms with van der Waals surface area (Å²) in [7, 11) is 0. The summed E-state index contributed by atoms with van der Waals surface area (Å²) >= 11 is 0. The van der Waals surface area contributed by atoms with E-state index in [1.807, 2.05) is 44.2 Å². The first-order valence-electron chi connectivity index (χ1n) is 11.1. The van der Waals surface area contributed by atoms with Gasteiger partial charge in [0.2, 0.25) is 0 Å². The maximum atomic E-state index is 12.8. The average molecular weight is 418 g/mol. The first-order chi connectivity index (χ1) is 14.8. The molecule has 4 rings (SSSR count). The van der Waals surface area contributed by atoms with Crippen molar-refractivity contribution in [1.82, 2.24) is 10.3 Å². The second kappa shape index (κ2) is 8.31. The van der Waals surface area contributed by atoms with Crippen LogP contribution >= 0.6 is 0 Å². The van der Waals surface area contributed by atoms with Crippen LogP contribution in [0.2, 0.25) is 0 Å². The maximum absolute atomic E-state index is 12.8. The molecule has 0 bridgehead atoms. The number of carbonyl (C=O) groups is 1. The fourth-order valence-corrected chi connectivity index (χ4v) is 4.15. The minimum Gasteiger partial charge on any atom is -0.385 e. The van der Waals surface area contributed by atoms with E-state index < -0.39 is 5.60 Å².